The molecule has 0 saturated carbocycles. The molecule has 0 aliphatic heterocycles. The second-order valence-corrected chi connectivity index (χ2v) is 13.5. The number of carbonyl (C=O) groups is 1. The number of hydrogen-bond acceptors (Lipinski definition) is 3. The summed E-state index contributed by atoms with van der Waals surface area (Å²) in [6.07, 6.45) is 5.35. The summed E-state index contributed by atoms with van der Waals surface area (Å²) < 4.78 is 0. The van der Waals surface area contributed by atoms with Gasteiger partial charge in [-0.25, -0.2) is 0 Å². The first-order valence-electron chi connectivity index (χ1n) is 11.4. The Bertz CT molecular complexity index is 1340. The SMILES string of the molecule is C#Cc1cccc(-c2ccccc2)c1.C[Si](C)(C)C#Cc1cccc(-c2ccccc2)c1.O=CO[O-].[Cs+].[Cs+].[H-]. The summed E-state index contributed by atoms with van der Waals surface area (Å²) in [6, 6.07) is 37.1. The van der Waals surface area contributed by atoms with Crippen molar-refractivity contribution in [1.29, 1.82) is 0 Å². The van der Waals surface area contributed by atoms with Crippen molar-refractivity contribution in [3.8, 4) is 46.1 Å². The van der Waals surface area contributed by atoms with Crippen molar-refractivity contribution in [3.05, 3.63) is 120 Å². The molecule has 0 spiro atoms. The molecule has 3 nitrogen and oxygen atoms in total. The standard InChI is InChI=1S/C17H18Si.C14H10.CH2O3.2Cs.H/c1-18(2,3)13-12-15-8-7-11-17(14-15)16-9-5-4-6-10-16;1-2-12-7-6-10-14(11-12)13-8-4-3-5-9-13;2-1-4-3;;;/h4-11,14H,1-3H3;1,3-11H;1,3H;;;/q;;;2*+1;-1/p-1. The van der Waals surface area contributed by atoms with Crippen molar-refractivity contribution in [2.75, 3.05) is 0 Å². The number of carbonyl (C=O) groups excluding carboxylic acids is 1. The van der Waals surface area contributed by atoms with Gasteiger partial charge in [-0.2, -0.15) is 0 Å². The maximum absolute atomic E-state index is 8.64. The second-order valence-electron chi connectivity index (χ2n) is 8.73. The molecular weight excluding hydrogens is 726 g/mol. The van der Waals surface area contributed by atoms with Gasteiger partial charge in [0.1, 0.15) is 8.07 Å². The Hall–Kier alpha value is -0.249. The van der Waals surface area contributed by atoms with Crippen molar-refractivity contribution in [1.82, 2.24) is 0 Å². The van der Waals surface area contributed by atoms with Gasteiger partial charge in [-0.15, -0.1) is 12.0 Å². The molecule has 0 aliphatic rings. The van der Waals surface area contributed by atoms with Crippen molar-refractivity contribution < 1.29 is 154 Å². The van der Waals surface area contributed by atoms with Gasteiger partial charge in [0.2, 0.25) is 0 Å². The molecule has 0 aromatic heterocycles. The molecule has 0 saturated heterocycles. The molecular formula is C32H30Cs2O3Si. The quantitative estimate of drug-likeness (QED) is 0.101. The molecule has 6 heteroatoms. The molecule has 0 N–H and O–H groups in total. The Balaban J connectivity index is 0. The average molecular weight is 756 g/mol. The van der Waals surface area contributed by atoms with E-state index in [4.69, 9.17) is 16.5 Å². The van der Waals surface area contributed by atoms with Crippen LogP contribution in [0.15, 0.2) is 109 Å². The molecule has 38 heavy (non-hydrogen) atoms. The zero-order valence-corrected chi connectivity index (χ0v) is 36.3. The van der Waals surface area contributed by atoms with Crippen LogP contribution in [0.4, 0.5) is 0 Å². The van der Waals surface area contributed by atoms with Gasteiger partial charge in [-0.05, 0) is 46.5 Å². The van der Waals surface area contributed by atoms with Crippen LogP contribution in [0.5, 0.6) is 0 Å². The van der Waals surface area contributed by atoms with Crippen molar-refractivity contribution in [2.45, 2.75) is 19.6 Å². The third-order valence-electron chi connectivity index (χ3n) is 4.73. The van der Waals surface area contributed by atoms with Crippen LogP contribution in [0.25, 0.3) is 22.3 Å². The molecule has 4 rings (SSSR count). The van der Waals surface area contributed by atoms with Crippen LogP contribution in [0.1, 0.15) is 12.6 Å². The van der Waals surface area contributed by atoms with E-state index in [-0.39, 0.29) is 146 Å². The first kappa shape index (κ1) is 37.8. The summed E-state index contributed by atoms with van der Waals surface area (Å²) >= 11 is 0. The predicted molar refractivity (Wildman–Crippen MR) is 150 cm³/mol. The van der Waals surface area contributed by atoms with Crippen molar-refractivity contribution >= 4 is 14.5 Å². The van der Waals surface area contributed by atoms with E-state index in [9.17, 15) is 0 Å². The monoisotopic (exact) mass is 756 g/mol. The van der Waals surface area contributed by atoms with Crippen LogP contribution < -0.4 is 143 Å². The molecule has 0 aliphatic carbocycles. The maximum Gasteiger partial charge on any atom is 1.00 e. The largest absolute Gasteiger partial charge is 1.00 e. The van der Waals surface area contributed by atoms with E-state index in [2.05, 4.69) is 109 Å². The van der Waals surface area contributed by atoms with Gasteiger partial charge in [0, 0.05) is 11.1 Å². The fourth-order valence-corrected chi connectivity index (χ4v) is 3.61. The van der Waals surface area contributed by atoms with E-state index in [0.717, 1.165) is 11.1 Å². The first-order valence-corrected chi connectivity index (χ1v) is 14.9. The second kappa shape index (κ2) is 21.5. The topological polar surface area (TPSA) is 49.4 Å². The minimum absolute atomic E-state index is 0. The minimum Gasteiger partial charge on any atom is -1.00 e. The van der Waals surface area contributed by atoms with Gasteiger partial charge in [-0.1, -0.05) is 116 Å². The van der Waals surface area contributed by atoms with Gasteiger partial charge >= 0.3 is 138 Å². The third kappa shape index (κ3) is 15.5. The van der Waals surface area contributed by atoms with Gasteiger partial charge in [0.15, 0.2) is 0 Å². The third-order valence-corrected chi connectivity index (χ3v) is 5.60. The van der Waals surface area contributed by atoms with Gasteiger partial charge in [-0.3, -0.25) is 4.79 Å². The van der Waals surface area contributed by atoms with E-state index in [0.29, 0.717) is 0 Å². The van der Waals surface area contributed by atoms with E-state index in [1.165, 1.54) is 22.3 Å². The van der Waals surface area contributed by atoms with E-state index >= 15 is 0 Å². The molecule has 0 amide bonds. The Morgan fingerprint density at radius 2 is 1.11 bits per heavy atom. The summed E-state index contributed by atoms with van der Waals surface area (Å²) in [7, 11) is -1.30. The Morgan fingerprint density at radius 1 is 0.711 bits per heavy atom. The summed E-state index contributed by atoms with van der Waals surface area (Å²) in [5.41, 5.74) is 10.3. The predicted octanol–water partition coefficient (Wildman–Crippen LogP) is 0.473. The minimum atomic E-state index is -1.30. The van der Waals surface area contributed by atoms with Crippen LogP contribution in [0, 0.1) is 23.8 Å². The molecule has 0 unspecified atom stereocenters. The fraction of sp³-hybridized carbons (Fsp3) is 0.0938. The average Bonchev–Trinajstić information content (AvgIpc) is 2.93. The normalized spacial score (nSPS) is 9.03. The Labute approximate surface area is 347 Å². The summed E-state index contributed by atoms with van der Waals surface area (Å²) in [5, 5.41) is 8.43. The van der Waals surface area contributed by atoms with E-state index in [1.807, 2.05) is 42.5 Å². The van der Waals surface area contributed by atoms with Crippen LogP contribution in [0.3, 0.4) is 0 Å². The molecule has 182 valence electrons. The molecule has 4 aromatic rings. The van der Waals surface area contributed by atoms with Crippen LogP contribution in [-0.4, -0.2) is 14.5 Å². The van der Waals surface area contributed by atoms with Crippen LogP contribution in [-0.2, 0) is 9.68 Å². The van der Waals surface area contributed by atoms with Gasteiger partial charge < -0.3 is 11.6 Å². The zero-order valence-electron chi connectivity index (χ0n) is 23.8. The summed E-state index contributed by atoms with van der Waals surface area (Å²) in [4.78, 5) is 11.2. The maximum atomic E-state index is 8.64. The molecule has 0 atom stereocenters. The van der Waals surface area contributed by atoms with Gasteiger partial charge in [0.05, 0.1) is 0 Å². The molecule has 0 bridgehead atoms. The molecule has 0 heterocycles. The van der Waals surface area contributed by atoms with Crippen molar-refractivity contribution in [2.24, 2.45) is 0 Å². The van der Waals surface area contributed by atoms with E-state index < -0.39 is 8.07 Å². The molecule has 0 radical (unpaired) electrons. The number of hydrogen-bond donors (Lipinski definition) is 0. The van der Waals surface area contributed by atoms with Crippen LogP contribution >= 0.6 is 0 Å². The Morgan fingerprint density at radius 3 is 1.50 bits per heavy atom. The molecule has 4 aromatic carbocycles. The summed E-state index contributed by atoms with van der Waals surface area (Å²) in [5.74, 6) is 5.94. The van der Waals surface area contributed by atoms with Crippen LogP contribution in [0.2, 0.25) is 19.6 Å². The fourth-order valence-electron chi connectivity index (χ4n) is 3.09. The number of benzene rings is 4. The van der Waals surface area contributed by atoms with Crippen molar-refractivity contribution in [3.63, 3.8) is 0 Å². The Kier molecular flexibility index (Phi) is 21.4. The first-order chi connectivity index (χ1) is 17.4. The zero-order chi connectivity index (χ0) is 26.2. The summed E-state index contributed by atoms with van der Waals surface area (Å²) in [6.45, 7) is 6.61. The van der Waals surface area contributed by atoms with Gasteiger partial charge in [0.25, 0.3) is 6.47 Å². The number of rotatable bonds is 3. The number of terminal acetylenes is 1. The molecule has 0 fully saturated rings. The smallest absolute Gasteiger partial charge is 1.00 e. The van der Waals surface area contributed by atoms with E-state index in [1.54, 1.807) is 0 Å².